The van der Waals surface area contributed by atoms with Crippen LogP contribution in [-0.2, 0) is 28.9 Å². The Labute approximate surface area is 153 Å². The number of sulfonamides is 1. The fourth-order valence-corrected chi connectivity index (χ4v) is 3.99. The zero-order chi connectivity index (χ0) is 19.2. The maximum absolute atomic E-state index is 11.9. The quantitative estimate of drug-likeness (QED) is 0.517. The number of rotatable bonds is 9. The van der Waals surface area contributed by atoms with Crippen LogP contribution in [0.15, 0.2) is 48.5 Å². The highest BCUT2D eigenvalue weighted by molar-refractivity contribution is 7.88. The molecule has 0 aromatic heterocycles. The van der Waals surface area contributed by atoms with Crippen molar-refractivity contribution in [3.05, 3.63) is 75.3 Å². The molecular weight excluding hydrogens is 354 g/mol. The smallest absolute Gasteiger partial charge is 0.273 e. The summed E-state index contributed by atoms with van der Waals surface area (Å²) in [7, 11) is -3.34. The molecule has 0 radical (unpaired) electrons. The van der Waals surface area contributed by atoms with E-state index in [-0.39, 0.29) is 17.5 Å². The predicted molar refractivity (Wildman–Crippen MR) is 101 cm³/mol. The Hall–Kier alpha value is -2.29. The van der Waals surface area contributed by atoms with Crippen LogP contribution in [0.4, 0.5) is 5.69 Å². The van der Waals surface area contributed by atoms with Crippen molar-refractivity contribution in [3.63, 3.8) is 0 Å². The van der Waals surface area contributed by atoms with Gasteiger partial charge in [-0.3, -0.25) is 10.1 Å². The van der Waals surface area contributed by atoms with E-state index in [0.29, 0.717) is 24.2 Å². The van der Waals surface area contributed by atoms with Crippen LogP contribution in [0.5, 0.6) is 0 Å². The minimum Gasteiger partial charge on any atom is -0.308 e. The van der Waals surface area contributed by atoms with Crippen molar-refractivity contribution in [1.29, 1.82) is 0 Å². The molecule has 0 aliphatic rings. The fraction of sp³-hybridized carbons (Fsp3) is 0.333. The summed E-state index contributed by atoms with van der Waals surface area (Å²) >= 11 is 0. The summed E-state index contributed by atoms with van der Waals surface area (Å²) in [6.45, 7) is 4.47. The van der Waals surface area contributed by atoms with Crippen LogP contribution in [0.1, 0.15) is 30.5 Å². The van der Waals surface area contributed by atoms with Crippen molar-refractivity contribution in [2.75, 3.05) is 0 Å². The highest BCUT2D eigenvalue weighted by Gasteiger charge is 2.13. The molecule has 0 saturated carbocycles. The first-order valence-corrected chi connectivity index (χ1v) is 9.93. The van der Waals surface area contributed by atoms with Gasteiger partial charge < -0.3 is 5.32 Å². The highest BCUT2D eigenvalue weighted by atomic mass is 32.2. The molecule has 2 N–H and O–H groups in total. The van der Waals surface area contributed by atoms with Crippen LogP contribution in [0.3, 0.4) is 0 Å². The van der Waals surface area contributed by atoms with Gasteiger partial charge in [-0.1, -0.05) is 42.5 Å². The molecule has 2 aromatic rings. The molecule has 0 amide bonds. The Balaban J connectivity index is 1.91. The zero-order valence-electron chi connectivity index (χ0n) is 14.8. The van der Waals surface area contributed by atoms with Gasteiger partial charge in [-0.05, 0) is 25.0 Å². The van der Waals surface area contributed by atoms with E-state index in [0.717, 1.165) is 5.56 Å². The molecule has 0 atom stereocenters. The zero-order valence-corrected chi connectivity index (χ0v) is 15.6. The average Bonchev–Trinajstić information content (AvgIpc) is 2.55. The van der Waals surface area contributed by atoms with Gasteiger partial charge in [0.15, 0.2) is 0 Å². The summed E-state index contributed by atoms with van der Waals surface area (Å²) in [5.74, 6) is -0.0604. The van der Waals surface area contributed by atoms with Gasteiger partial charge in [-0.25, -0.2) is 13.1 Å². The van der Waals surface area contributed by atoms with Gasteiger partial charge in [-0.15, -0.1) is 0 Å². The molecule has 8 heteroatoms. The number of nitro groups is 1. The minimum atomic E-state index is -3.34. The van der Waals surface area contributed by atoms with Crippen molar-refractivity contribution in [2.45, 2.75) is 38.7 Å². The van der Waals surface area contributed by atoms with Gasteiger partial charge in [0.05, 0.1) is 10.7 Å². The predicted octanol–water partition coefficient (Wildman–Crippen LogP) is 2.71. The maximum atomic E-state index is 11.9. The van der Waals surface area contributed by atoms with E-state index in [2.05, 4.69) is 10.0 Å². The monoisotopic (exact) mass is 377 g/mol. The van der Waals surface area contributed by atoms with Gasteiger partial charge in [0.2, 0.25) is 10.0 Å². The second-order valence-electron chi connectivity index (χ2n) is 6.34. The van der Waals surface area contributed by atoms with E-state index in [9.17, 15) is 18.5 Å². The summed E-state index contributed by atoms with van der Waals surface area (Å²) in [5, 5.41) is 14.2. The Morgan fingerprint density at radius 1 is 1.00 bits per heavy atom. The summed E-state index contributed by atoms with van der Waals surface area (Å²) in [5.41, 5.74) is 2.40. The third kappa shape index (κ3) is 6.21. The van der Waals surface area contributed by atoms with Gasteiger partial charge in [0.1, 0.15) is 0 Å². The number of nitro benzene ring substituents is 1. The van der Waals surface area contributed by atoms with E-state index in [1.807, 2.05) is 12.1 Å². The second-order valence-corrected chi connectivity index (χ2v) is 8.09. The summed E-state index contributed by atoms with van der Waals surface area (Å²) in [6.07, 6.45) is 0. The highest BCUT2D eigenvalue weighted by Crippen LogP contribution is 2.17. The molecule has 26 heavy (non-hydrogen) atoms. The lowest BCUT2D eigenvalue weighted by molar-refractivity contribution is -0.385. The van der Waals surface area contributed by atoms with Crippen molar-refractivity contribution in [2.24, 2.45) is 0 Å². The normalized spacial score (nSPS) is 11.7. The molecule has 0 unspecified atom stereocenters. The SMILES string of the molecule is CC(C)NS(=O)(=O)Cc1ccc(CNCc2ccccc2[N+](=O)[O-])cc1. The van der Waals surface area contributed by atoms with E-state index in [1.165, 1.54) is 6.07 Å². The van der Waals surface area contributed by atoms with E-state index in [4.69, 9.17) is 0 Å². The topological polar surface area (TPSA) is 101 Å². The Morgan fingerprint density at radius 2 is 1.62 bits per heavy atom. The van der Waals surface area contributed by atoms with Crippen molar-refractivity contribution < 1.29 is 13.3 Å². The fourth-order valence-electron chi connectivity index (χ4n) is 2.55. The van der Waals surface area contributed by atoms with Gasteiger partial charge in [0.25, 0.3) is 5.69 Å². The molecular formula is C18H23N3O4S. The molecule has 0 bridgehead atoms. The van der Waals surface area contributed by atoms with Gasteiger partial charge in [-0.2, -0.15) is 0 Å². The van der Waals surface area contributed by atoms with Crippen molar-refractivity contribution in [1.82, 2.24) is 10.0 Å². The van der Waals surface area contributed by atoms with E-state index >= 15 is 0 Å². The lowest BCUT2D eigenvalue weighted by Gasteiger charge is -2.10. The lowest BCUT2D eigenvalue weighted by atomic mass is 10.1. The first kappa shape index (κ1) is 20.0. The number of nitrogens with one attached hydrogen (secondary N) is 2. The molecule has 7 nitrogen and oxygen atoms in total. The number of nitrogens with zero attached hydrogens (tertiary/aromatic N) is 1. The molecule has 0 aliphatic carbocycles. The Morgan fingerprint density at radius 3 is 2.23 bits per heavy atom. The molecule has 0 fully saturated rings. The van der Waals surface area contributed by atoms with E-state index < -0.39 is 14.9 Å². The number of hydrogen-bond acceptors (Lipinski definition) is 5. The summed E-state index contributed by atoms with van der Waals surface area (Å²) in [6, 6.07) is 13.7. The first-order chi connectivity index (χ1) is 12.3. The maximum Gasteiger partial charge on any atom is 0.273 e. The standard InChI is InChI=1S/C18H23N3O4S/c1-14(2)20-26(24,25)13-16-9-7-15(8-10-16)11-19-12-17-5-3-4-6-18(17)21(22)23/h3-10,14,19-20H,11-13H2,1-2H3. The molecule has 140 valence electrons. The molecule has 0 aliphatic heterocycles. The van der Waals surface area contributed by atoms with Crippen LogP contribution in [0, 0.1) is 10.1 Å². The van der Waals surface area contributed by atoms with Gasteiger partial charge >= 0.3 is 0 Å². The largest absolute Gasteiger partial charge is 0.308 e. The summed E-state index contributed by atoms with van der Waals surface area (Å²) in [4.78, 5) is 10.6. The molecule has 2 rings (SSSR count). The second kappa shape index (κ2) is 8.88. The minimum absolute atomic E-state index is 0.0604. The van der Waals surface area contributed by atoms with Crippen LogP contribution in [0.2, 0.25) is 0 Å². The summed E-state index contributed by atoms with van der Waals surface area (Å²) < 4.78 is 26.4. The van der Waals surface area contributed by atoms with Crippen molar-refractivity contribution in [3.8, 4) is 0 Å². The van der Waals surface area contributed by atoms with Gasteiger partial charge in [0, 0.05) is 30.8 Å². The van der Waals surface area contributed by atoms with Crippen LogP contribution < -0.4 is 10.0 Å². The Kier molecular flexibility index (Phi) is 6.84. The van der Waals surface area contributed by atoms with Crippen molar-refractivity contribution >= 4 is 15.7 Å². The molecule has 0 saturated heterocycles. The molecule has 2 aromatic carbocycles. The third-order valence-corrected chi connectivity index (χ3v) is 5.17. The third-order valence-electron chi connectivity index (χ3n) is 3.63. The Bertz CT molecular complexity index is 849. The molecule has 0 heterocycles. The number of benzene rings is 2. The van der Waals surface area contributed by atoms with Crippen LogP contribution in [0.25, 0.3) is 0 Å². The van der Waals surface area contributed by atoms with E-state index in [1.54, 1.807) is 44.2 Å². The molecule has 0 spiro atoms. The lowest BCUT2D eigenvalue weighted by Crippen LogP contribution is -2.31. The average molecular weight is 377 g/mol. The van der Waals surface area contributed by atoms with Crippen LogP contribution in [-0.4, -0.2) is 19.4 Å². The first-order valence-electron chi connectivity index (χ1n) is 8.27. The number of hydrogen-bond donors (Lipinski definition) is 2. The van der Waals surface area contributed by atoms with Crippen LogP contribution >= 0.6 is 0 Å². The number of para-hydroxylation sites is 1.